The predicted octanol–water partition coefficient (Wildman–Crippen LogP) is 8.28. The van der Waals surface area contributed by atoms with Crippen LogP contribution in [0.1, 0.15) is 132 Å². The lowest BCUT2D eigenvalue weighted by atomic mass is 10.0. The molecule has 1 aliphatic rings. The largest absolute Gasteiger partial charge is 0.353 e. The number of hydrogen-bond acceptors (Lipinski definition) is 3. The molecule has 4 heteroatoms. The summed E-state index contributed by atoms with van der Waals surface area (Å²) in [5.41, 5.74) is 1.71. The van der Waals surface area contributed by atoms with Crippen LogP contribution < -0.4 is 0 Å². The Kier molecular flexibility index (Phi) is 16.0. The number of amides is 1. The van der Waals surface area contributed by atoms with E-state index in [9.17, 15) is 4.79 Å². The van der Waals surface area contributed by atoms with Gasteiger partial charge in [0.05, 0.1) is 6.61 Å². The van der Waals surface area contributed by atoms with Crippen LogP contribution in [0.2, 0.25) is 0 Å². The van der Waals surface area contributed by atoms with Crippen molar-refractivity contribution in [2.45, 2.75) is 129 Å². The van der Waals surface area contributed by atoms with Gasteiger partial charge in [0.25, 0.3) is 5.91 Å². The Balaban J connectivity index is 1.52. The molecule has 1 aromatic carbocycles. The van der Waals surface area contributed by atoms with Gasteiger partial charge in [-0.25, -0.2) is 0 Å². The molecule has 0 bridgehead atoms. The van der Waals surface area contributed by atoms with Gasteiger partial charge in [-0.1, -0.05) is 109 Å². The molecule has 1 fully saturated rings. The van der Waals surface area contributed by atoms with E-state index in [0.29, 0.717) is 6.61 Å². The first-order valence-electron chi connectivity index (χ1n) is 14.3. The van der Waals surface area contributed by atoms with E-state index >= 15 is 0 Å². The number of nitrogens with zero attached hydrogens (tertiary/aromatic N) is 1. The van der Waals surface area contributed by atoms with Gasteiger partial charge in [0.1, 0.15) is 0 Å². The first kappa shape index (κ1) is 28.8. The number of ether oxygens (including phenoxy) is 2. The molecule has 1 aliphatic heterocycles. The monoisotopic (exact) mass is 473 g/mol. The molecule has 0 saturated carbocycles. The van der Waals surface area contributed by atoms with Gasteiger partial charge in [-0.15, -0.1) is 0 Å². The Morgan fingerprint density at radius 3 is 2.06 bits per heavy atom. The van der Waals surface area contributed by atoms with Crippen molar-refractivity contribution >= 4 is 5.91 Å². The average Bonchev–Trinajstić information content (AvgIpc) is 2.88. The van der Waals surface area contributed by atoms with Crippen LogP contribution in [-0.2, 0) is 16.1 Å². The van der Waals surface area contributed by atoms with Crippen LogP contribution in [0.4, 0.5) is 0 Å². The summed E-state index contributed by atoms with van der Waals surface area (Å²) in [7, 11) is 1.92. The minimum atomic E-state index is -0.134. The molecule has 194 valence electrons. The van der Waals surface area contributed by atoms with E-state index in [4.69, 9.17) is 9.47 Å². The first-order chi connectivity index (χ1) is 16.7. The summed E-state index contributed by atoms with van der Waals surface area (Å²) in [6.07, 6.45) is 22.0. The van der Waals surface area contributed by atoms with Crippen LogP contribution in [-0.4, -0.2) is 37.3 Å². The Labute approximate surface area is 209 Å². The van der Waals surface area contributed by atoms with Crippen molar-refractivity contribution in [1.29, 1.82) is 0 Å². The quantitative estimate of drug-likeness (QED) is 0.190. The highest BCUT2D eigenvalue weighted by atomic mass is 16.7. The van der Waals surface area contributed by atoms with Gasteiger partial charge in [0.2, 0.25) is 0 Å². The first-order valence-corrected chi connectivity index (χ1v) is 14.3. The lowest BCUT2D eigenvalue weighted by Crippen LogP contribution is -2.29. The molecule has 0 N–H and O–H groups in total. The van der Waals surface area contributed by atoms with Crippen LogP contribution in [0.25, 0.3) is 0 Å². The average molecular weight is 474 g/mol. The van der Waals surface area contributed by atoms with Crippen molar-refractivity contribution < 1.29 is 14.3 Å². The summed E-state index contributed by atoms with van der Waals surface area (Å²) >= 11 is 0. The number of carbonyl (C=O) groups excluding carboxylic acids is 1. The molecule has 0 radical (unpaired) electrons. The highest BCUT2D eigenvalue weighted by Gasteiger charge is 2.18. The third-order valence-electron chi connectivity index (χ3n) is 7.00. The van der Waals surface area contributed by atoms with Gasteiger partial charge in [-0.3, -0.25) is 4.79 Å². The zero-order valence-corrected chi connectivity index (χ0v) is 22.2. The van der Waals surface area contributed by atoms with Crippen molar-refractivity contribution in [2.24, 2.45) is 0 Å². The van der Waals surface area contributed by atoms with Crippen molar-refractivity contribution in [1.82, 2.24) is 4.90 Å². The molecule has 4 nitrogen and oxygen atoms in total. The van der Waals surface area contributed by atoms with Crippen molar-refractivity contribution in [3.63, 3.8) is 0 Å². The molecule has 2 rings (SSSR count). The zero-order chi connectivity index (χ0) is 24.3. The molecule has 0 aliphatic carbocycles. The molecule has 1 saturated heterocycles. The fourth-order valence-corrected chi connectivity index (χ4v) is 4.73. The number of rotatable bonds is 19. The second-order valence-electron chi connectivity index (χ2n) is 10.1. The van der Waals surface area contributed by atoms with Crippen molar-refractivity contribution in [3.8, 4) is 0 Å². The molecular weight excluding hydrogens is 422 g/mol. The Bertz CT molecular complexity index is 642. The molecule has 1 amide bonds. The zero-order valence-electron chi connectivity index (χ0n) is 22.2. The highest BCUT2D eigenvalue weighted by Crippen LogP contribution is 2.19. The lowest BCUT2D eigenvalue weighted by molar-refractivity contribution is -0.169. The number of unbranched alkanes of at least 4 members (excludes halogenated alkanes) is 13. The van der Waals surface area contributed by atoms with Crippen LogP contribution >= 0.6 is 0 Å². The minimum absolute atomic E-state index is 0.0958. The molecule has 1 heterocycles. The van der Waals surface area contributed by atoms with Gasteiger partial charge in [0.15, 0.2) is 6.29 Å². The van der Waals surface area contributed by atoms with Crippen molar-refractivity contribution in [2.75, 3.05) is 20.2 Å². The maximum absolute atomic E-state index is 13.0. The number of carbonyl (C=O) groups is 1. The predicted molar refractivity (Wildman–Crippen MR) is 142 cm³/mol. The Morgan fingerprint density at radius 1 is 0.882 bits per heavy atom. The molecule has 0 spiro atoms. The SMILES string of the molecule is CCCCCCCCCCCCCCCCN(C)C(=O)c1ccccc1COC1CCCCO1. The Morgan fingerprint density at radius 2 is 1.47 bits per heavy atom. The minimum Gasteiger partial charge on any atom is -0.353 e. The van der Waals surface area contributed by atoms with E-state index in [0.717, 1.165) is 50.0 Å². The summed E-state index contributed by atoms with van der Waals surface area (Å²) in [5, 5.41) is 0. The normalized spacial score (nSPS) is 16.0. The second kappa shape index (κ2) is 18.9. The molecule has 0 aromatic heterocycles. The van der Waals surface area contributed by atoms with E-state index in [1.54, 1.807) is 0 Å². The summed E-state index contributed by atoms with van der Waals surface area (Å²) < 4.78 is 11.6. The maximum Gasteiger partial charge on any atom is 0.253 e. The lowest BCUT2D eigenvalue weighted by Gasteiger charge is -2.24. The standard InChI is InChI=1S/C30H51NO3/c1-3-4-5-6-7-8-9-10-11-12-13-14-15-19-24-31(2)30(32)28-22-17-16-21-27(28)26-34-29-23-18-20-25-33-29/h16-17,21-22,29H,3-15,18-20,23-26H2,1-2H3. The maximum atomic E-state index is 13.0. The third-order valence-corrected chi connectivity index (χ3v) is 7.00. The van der Waals surface area contributed by atoms with E-state index in [2.05, 4.69) is 6.92 Å². The highest BCUT2D eigenvalue weighted by molar-refractivity contribution is 5.95. The van der Waals surface area contributed by atoms with E-state index in [-0.39, 0.29) is 12.2 Å². The van der Waals surface area contributed by atoms with Crippen LogP contribution in [0.15, 0.2) is 24.3 Å². The van der Waals surface area contributed by atoms with Gasteiger partial charge in [-0.2, -0.15) is 0 Å². The smallest absolute Gasteiger partial charge is 0.253 e. The fraction of sp³-hybridized carbons (Fsp3) is 0.767. The van der Waals surface area contributed by atoms with Gasteiger partial charge in [0, 0.05) is 25.8 Å². The van der Waals surface area contributed by atoms with E-state index in [1.807, 2.05) is 36.2 Å². The molecule has 1 atom stereocenters. The fourth-order valence-electron chi connectivity index (χ4n) is 4.73. The Hall–Kier alpha value is -1.39. The summed E-state index contributed by atoms with van der Waals surface area (Å²) in [5.74, 6) is 0.0958. The van der Waals surface area contributed by atoms with E-state index in [1.165, 1.54) is 83.5 Å². The summed E-state index contributed by atoms with van der Waals surface area (Å²) in [6, 6.07) is 7.83. The molecular formula is C30H51NO3. The van der Waals surface area contributed by atoms with Gasteiger partial charge < -0.3 is 14.4 Å². The molecule has 1 unspecified atom stereocenters. The van der Waals surface area contributed by atoms with Crippen molar-refractivity contribution in [3.05, 3.63) is 35.4 Å². The van der Waals surface area contributed by atoms with E-state index < -0.39 is 0 Å². The van der Waals surface area contributed by atoms with Gasteiger partial charge >= 0.3 is 0 Å². The van der Waals surface area contributed by atoms with Crippen LogP contribution in [0.3, 0.4) is 0 Å². The topological polar surface area (TPSA) is 38.8 Å². The number of benzene rings is 1. The van der Waals surface area contributed by atoms with Gasteiger partial charge in [-0.05, 0) is 37.3 Å². The van der Waals surface area contributed by atoms with Crippen LogP contribution in [0, 0.1) is 0 Å². The number of hydrogen-bond donors (Lipinski definition) is 0. The van der Waals surface area contributed by atoms with Crippen LogP contribution in [0.5, 0.6) is 0 Å². The summed E-state index contributed by atoms with van der Waals surface area (Å²) in [6.45, 7) is 4.30. The molecule has 34 heavy (non-hydrogen) atoms. The second-order valence-corrected chi connectivity index (χ2v) is 10.1. The summed E-state index contributed by atoms with van der Waals surface area (Å²) in [4.78, 5) is 14.9. The molecule has 1 aromatic rings. The third kappa shape index (κ3) is 12.4.